The van der Waals surface area contributed by atoms with Crippen LogP contribution in [0.15, 0.2) is 24.3 Å². The molecule has 0 N–H and O–H groups in total. The lowest BCUT2D eigenvalue weighted by atomic mass is 10.1. The number of likely N-dealkylation sites (N-methyl/N-ethyl adjacent to an activating group) is 1. The molecule has 20 heavy (non-hydrogen) atoms. The zero-order valence-corrected chi connectivity index (χ0v) is 12.5. The third kappa shape index (κ3) is 1.91. The molecule has 2 rings (SSSR count). The summed E-state index contributed by atoms with van der Waals surface area (Å²) < 4.78 is 38.3. The largest absolute Gasteiger partial charge is 0.382 e. The molecule has 0 spiro atoms. The van der Waals surface area contributed by atoms with Gasteiger partial charge in [0.2, 0.25) is 0 Å². The van der Waals surface area contributed by atoms with E-state index in [1.807, 2.05) is 0 Å². The lowest BCUT2D eigenvalue weighted by molar-refractivity contribution is -0.125. The summed E-state index contributed by atoms with van der Waals surface area (Å²) in [5.74, 6) is -0.927. The van der Waals surface area contributed by atoms with E-state index in [1.54, 1.807) is 32.0 Å². The average Bonchev–Trinajstić information content (AvgIpc) is 2.63. The lowest BCUT2D eigenvalue weighted by Crippen LogP contribution is -2.36. The molecule has 1 aliphatic rings. The number of para-hydroxylation sites is 1. The molecule has 1 atom stereocenters. The Balaban J connectivity index is 2.64. The number of amides is 1. The minimum absolute atomic E-state index is 0.0118. The molecule has 0 radical (unpaired) electrons. The summed E-state index contributed by atoms with van der Waals surface area (Å²) >= 11 is 0. The van der Waals surface area contributed by atoms with Crippen LogP contribution in [0.3, 0.4) is 0 Å². The molecule has 0 saturated heterocycles. The molecule has 110 valence electrons. The quantitative estimate of drug-likeness (QED) is 0.784. The molecule has 0 aromatic heterocycles. The fourth-order valence-corrected chi connectivity index (χ4v) is 4.29. The molecular weight excluding hydrogens is 284 g/mol. The molecule has 0 saturated carbocycles. The third-order valence-electron chi connectivity index (χ3n) is 3.19. The number of alkyl halides is 1. The summed E-state index contributed by atoms with van der Waals surface area (Å²) in [4.78, 5) is 13.4. The number of nitrogens with zero attached hydrogens (tertiary/aromatic N) is 1. The van der Waals surface area contributed by atoms with Crippen LogP contribution in [0.5, 0.6) is 0 Å². The maximum Gasteiger partial charge on any atom is 0.382 e. The van der Waals surface area contributed by atoms with Gasteiger partial charge < -0.3 is 13.9 Å². The van der Waals surface area contributed by atoms with E-state index in [0.29, 0.717) is 5.69 Å². The molecule has 0 fully saturated rings. The molecule has 5 nitrogen and oxygen atoms in total. The average molecular weight is 301 g/mol. The third-order valence-corrected chi connectivity index (χ3v) is 5.57. The normalized spacial score (nSPS) is 22.2. The second-order valence-corrected chi connectivity index (χ2v) is 6.46. The van der Waals surface area contributed by atoms with E-state index in [1.165, 1.54) is 13.1 Å². The van der Waals surface area contributed by atoms with Gasteiger partial charge in [-0.2, -0.15) is 0 Å². The van der Waals surface area contributed by atoms with Gasteiger partial charge in [0.25, 0.3) is 5.91 Å². The number of hydrogen-bond donors (Lipinski definition) is 0. The van der Waals surface area contributed by atoms with Crippen LogP contribution < -0.4 is 4.90 Å². The van der Waals surface area contributed by atoms with E-state index in [-0.39, 0.29) is 18.8 Å². The van der Waals surface area contributed by atoms with E-state index in [9.17, 15) is 9.36 Å². The van der Waals surface area contributed by atoms with Crippen LogP contribution >= 0.6 is 7.60 Å². The van der Waals surface area contributed by atoms with Gasteiger partial charge in [-0.05, 0) is 19.9 Å². The number of carbonyl (C=O) groups excluding carboxylic acids is 1. The van der Waals surface area contributed by atoms with Gasteiger partial charge in [0.05, 0.1) is 18.9 Å². The second kappa shape index (κ2) is 5.28. The van der Waals surface area contributed by atoms with Gasteiger partial charge in [0, 0.05) is 12.6 Å². The van der Waals surface area contributed by atoms with Crippen LogP contribution in [0.4, 0.5) is 10.1 Å². The van der Waals surface area contributed by atoms with Gasteiger partial charge in [0.15, 0.2) is 0 Å². The number of rotatable bonds is 5. The Morgan fingerprint density at radius 1 is 1.25 bits per heavy atom. The van der Waals surface area contributed by atoms with Crippen LogP contribution in [-0.4, -0.2) is 26.2 Å². The summed E-state index contributed by atoms with van der Waals surface area (Å²) in [6.45, 7) is 3.12. The van der Waals surface area contributed by atoms with E-state index in [2.05, 4.69) is 0 Å². The van der Waals surface area contributed by atoms with Crippen LogP contribution in [0.2, 0.25) is 0 Å². The van der Waals surface area contributed by atoms with Crippen molar-refractivity contribution in [1.29, 1.82) is 0 Å². The summed E-state index contributed by atoms with van der Waals surface area (Å²) in [6, 6.07) is 6.29. The van der Waals surface area contributed by atoms with Gasteiger partial charge in [-0.25, -0.2) is 4.39 Å². The van der Waals surface area contributed by atoms with Gasteiger partial charge in [-0.3, -0.25) is 9.36 Å². The monoisotopic (exact) mass is 301 g/mol. The maximum atomic E-state index is 15.5. The predicted molar refractivity (Wildman–Crippen MR) is 73.5 cm³/mol. The standard InChI is InChI=1S/C13H17FNO4P/c1-4-18-20(17,19-5-2)13(14)10-8-6-7-9-11(10)15(3)12(13)16/h6-9H,4-5H2,1-3H3. The Labute approximate surface area is 117 Å². The number of carbonyl (C=O) groups is 1. The highest BCUT2D eigenvalue weighted by Crippen LogP contribution is 2.69. The fourth-order valence-electron chi connectivity index (χ4n) is 2.31. The summed E-state index contributed by atoms with van der Waals surface area (Å²) in [5.41, 5.74) is 0.400. The van der Waals surface area contributed by atoms with Crippen LogP contribution in [0, 0.1) is 0 Å². The van der Waals surface area contributed by atoms with Crippen molar-refractivity contribution in [2.24, 2.45) is 0 Å². The van der Waals surface area contributed by atoms with E-state index >= 15 is 4.39 Å². The first kappa shape index (κ1) is 15.2. The Morgan fingerprint density at radius 3 is 2.35 bits per heavy atom. The van der Waals surface area contributed by atoms with E-state index in [0.717, 1.165) is 4.90 Å². The minimum Gasteiger partial charge on any atom is -0.311 e. The van der Waals surface area contributed by atoms with Crippen molar-refractivity contribution in [1.82, 2.24) is 0 Å². The number of anilines is 1. The molecule has 1 heterocycles. The molecule has 7 heteroatoms. The Morgan fingerprint density at radius 2 is 1.80 bits per heavy atom. The predicted octanol–water partition coefficient (Wildman–Crippen LogP) is 3.05. The molecule has 1 amide bonds. The number of hydrogen-bond acceptors (Lipinski definition) is 4. The first-order valence-electron chi connectivity index (χ1n) is 6.38. The number of halogens is 1. The molecule has 1 aliphatic heterocycles. The molecule has 0 bridgehead atoms. The zero-order valence-electron chi connectivity index (χ0n) is 11.6. The summed E-state index contributed by atoms with van der Waals surface area (Å²) in [6.07, 6.45) is 0. The Hall–Kier alpha value is -1.23. The zero-order chi connectivity index (χ0) is 15.0. The lowest BCUT2D eigenvalue weighted by Gasteiger charge is -2.27. The minimum atomic E-state index is -4.26. The van der Waals surface area contributed by atoms with Crippen molar-refractivity contribution >= 4 is 19.2 Å². The smallest absolute Gasteiger partial charge is 0.311 e. The Kier molecular flexibility index (Phi) is 4.00. The first-order chi connectivity index (χ1) is 9.42. The summed E-state index contributed by atoms with van der Waals surface area (Å²) in [7, 11) is -2.83. The van der Waals surface area contributed by atoms with Crippen LogP contribution in [-0.2, 0) is 23.8 Å². The number of fused-ring (bicyclic) bond motifs is 1. The number of benzene rings is 1. The molecule has 1 unspecified atom stereocenters. The fraction of sp³-hybridized carbons (Fsp3) is 0.462. The highest BCUT2D eigenvalue weighted by molar-refractivity contribution is 7.56. The first-order valence-corrected chi connectivity index (χ1v) is 7.92. The molecular formula is C13H17FNO4P. The van der Waals surface area contributed by atoms with Gasteiger partial charge >= 0.3 is 13.0 Å². The Bertz CT molecular complexity index is 569. The molecule has 1 aromatic carbocycles. The van der Waals surface area contributed by atoms with Crippen molar-refractivity contribution in [3.8, 4) is 0 Å². The van der Waals surface area contributed by atoms with Gasteiger partial charge in [-0.15, -0.1) is 0 Å². The highest BCUT2D eigenvalue weighted by atomic mass is 31.2. The van der Waals surface area contributed by atoms with Crippen molar-refractivity contribution < 1.29 is 22.8 Å². The second-order valence-electron chi connectivity index (χ2n) is 4.34. The van der Waals surface area contributed by atoms with Gasteiger partial charge in [0.1, 0.15) is 0 Å². The van der Waals surface area contributed by atoms with E-state index in [4.69, 9.17) is 9.05 Å². The van der Waals surface area contributed by atoms with Crippen molar-refractivity contribution in [3.63, 3.8) is 0 Å². The van der Waals surface area contributed by atoms with Crippen LogP contribution in [0.1, 0.15) is 19.4 Å². The maximum absolute atomic E-state index is 15.5. The van der Waals surface area contributed by atoms with Crippen molar-refractivity contribution in [2.75, 3.05) is 25.2 Å². The molecule has 0 aliphatic carbocycles. The van der Waals surface area contributed by atoms with Crippen molar-refractivity contribution in [2.45, 2.75) is 19.3 Å². The molecule has 1 aromatic rings. The highest BCUT2D eigenvalue weighted by Gasteiger charge is 2.65. The van der Waals surface area contributed by atoms with Crippen molar-refractivity contribution in [3.05, 3.63) is 29.8 Å². The van der Waals surface area contributed by atoms with Crippen LogP contribution in [0.25, 0.3) is 0 Å². The van der Waals surface area contributed by atoms with E-state index < -0.39 is 18.9 Å². The van der Waals surface area contributed by atoms with Gasteiger partial charge in [-0.1, -0.05) is 18.2 Å². The SMILES string of the molecule is CCOP(=O)(OCC)C1(F)C(=O)N(C)c2ccccc21. The topological polar surface area (TPSA) is 55.8 Å². The summed E-state index contributed by atoms with van der Waals surface area (Å²) in [5, 5.41) is -2.79.